The Labute approximate surface area is 182 Å². The standard InChI is InChI=1S/C23H29N5O3/c1-2-7-24-22-14-19(15-23(26-22)30-13-10-28-8-11-29-12-9-28)27-25-16-18-17-31-21-6-4-3-5-20(18)21/h3-6,14-17H,2,7-13H2,1H3,(H2,24,26,27)/b25-16+. The van der Waals surface area contributed by atoms with Gasteiger partial charge in [-0.15, -0.1) is 0 Å². The Balaban J connectivity index is 1.40. The number of furan rings is 1. The van der Waals surface area contributed by atoms with E-state index in [1.807, 2.05) is 36.4 Å². The summed E-state index contributed by atoms with van der Waals surface area (Å²) in [5, 5.41) is 8.73. The lowest BCUT2D eigenvalue weighted by Gasteiger charge is -2.26. The van der Waals surface area contributed by atoms with Crippen LogP contribution >= 0.6 is 0 Å². The van der Waals surface area contributed by atoms with Crippen LogP contribution in [0, 0.1) is 0 Å². The minimum absolute atomic E-state index is 0.570. The van der Waals surface area contributed by atoms with Crippen molar-refractivity contribution in [1.82, 2.24) is 9.88 Å². The van der Waals surface area contributed by atoms with Crippen LogP contribution in [0.4, 0.5) is 11.5 Å². The summed E-state index contributed by atoms with van der Waals surface area (Å²) >= 11 is 0. The monoisotopic (exact) mass is 423 g/mol. The second-order valence-corrected chi connectivity index (χ2v) is 7.37. The van der Waals surface area contributed by atoms with Gasteiger partial charge in [0.25, 0.3) is 0 Å². The third kappa shape index (κ3) is 5.96. The Kier molecular flexibility index (Phi) is 7.36. The van der Waals surface area contributed by atoms with Gasteiger partial charge in [0, 0.05) is 49.3 Å². The van der Waals surface area contributed by atoms with Gasteiger partial charge in [0.1, 0.15) is 24.3 Å². The Hall–Kier alpha value is -3.10. The van der Waals surface area contributed by atoms with Gasteiger partial charge in [-0.1, -0.05) is 25.1 Å². The number of pyridine rings is 1. The van der Waals surface area contributed by atoms with E-state index in [1.165, 1.54) is 0 Å². The number of hydrogen-bond acceptors (Lipinski definition) is 8. The summed E-state index contributed by atoms with van der Waals surface area (Å²) in [7, 11) is 0. The molecule has 8 heteroatoms. The van der Waals surface area contributed by atoms with Crippen LogP contribution in [0.2, 0.25) is 0 Å². The van der Waals surface area contributed by atoms with Gasteiger partial charge in [-0.05, 0) is 12.5 Å². The van der Waals surface area contributed by atoms with E-state index in [4.69, 9.17) is 13.9 Å². The first-order valence-corrected chi connectivity index (χ1v) is 10.8. The minimum atomic E-state index is 0.570. The molecule has 8 nitrogen and oxygen atoms in total. The fraction of sp³-hybridized carbons (Fsp3) is 0.391. The molecule has 2 aromatic heterocycles. The number of nitrogens with zero attached hydrogens (tertiary/aromatic N) is 3. The summed E-state index contributed by atoms with van der Waals surface area (Å²) < 4.78 is 16.9. The lowest BCUT2D eigenvalue weighted by atomic mass is 10.2. The lowest BCUT2D eigenvalue weighted by molar-refractivity contribution is 0.0320. The van der Waals surface area contributed by atoms with Gasteiger partial charge in [0.15, 0.2) is 0 Å². The van der Waals surface area contributed by atoms with Gasteiger partial charge in [-0.3, -0.25) is 10.3 Å². The van der Waals surface area contributed by atoms with Crippen molar-refractivity contribution < 1.29 is 13.9 Å². The van der Waals surface area contributed by atoms with E-state index in [2.05, 4.69) is 32.7 Å². The molecule has 3 heterocycles. The van der Waals surface area contributed by atoms with Crippen molar-refractivity contribution in [3.8, 4) is 5.88 Å². The highest BCUT2D eigenvalue weighted by molar-refractivity contribution is 5.97. The summed E-state index contributed by atoms with van der Waals surface area (Å²) in [6, 6.07) is 11.7. The van der Waals surface area contributed by atoms with Crippen molar-refractivity contribution >= 4 is 28.7 Å². The molecule has 1 saturated heterocycles. The largest absolute Gasteiger partial charge is 0.476 e. The number of aromatic nitrogens is 1. The first kappa shape index (κ1) is 21.1. The molecular formula is C23H29N5O3. The second-order valence-electron chi connectivity index (χ2n) is 7.37. The fourth-order valence-electron chi connectivity index (χ4n) is 3.37. The molecule has 164 valence electrons. The summed E-state index contributed by atoms with van der Waals surface area (Å²) in [4.78, 5) is 6.90. The highest BCUT2D eigenvalue weighted by Gasteiger charge is 2.11. The van der Waals surface area contributed by atoms with Gasteiger partial charge in [-0.2, -0.15) is 10.1 Å². The number of rotatable bonds is 10. The van der Waals surface area contributed by atoms with E-state index >= 15 is 0 Å². The summed E-state index contributed by atoms with van der Waals surface area (Å²) in [5.74, 6) is 1.33. The van der Waals surface area contributed by atoms with Crippen molar-refractivity contribution in [1.29, 1.82) is 0 Å². The van der Waals surface area contributed by atoms with Crippen molar-refractivity contribution in [3.63, 3.8) is 0 Å². The number of nitrogens with one attached hydrogen (secondary N) is 2. The molecule has 0 amide bonds. The van der Waals surface area contributed by atoms with Gasteiger partial charge in [0.2, 0.25) is 5.88 Å². The van der Waals surface area contributed by atoms with Gasteiger partial charge >= 0.3 is 0 Å². The molecule has 0 saturated carbocycles. The predicted molar refractivity (Wildman–Crippen MR) is 123 cm³/mol. The number of hydrazone groups is 1. The number of fused-ring (bicyclic) bond motifs is 1. The van der Waals surface area contributed by atoms with Crippen LogP contribution in [0.15, 0.2) is 52.2 Å². The zero-order valence-electron chi connectivity index (χ0n) is 17.8. The number of ether oxygens (including phenoxy) is 2. The highest BCUT2D eigenvalue weighted by Crippen LogP contribution is 2.22. The quantitative estimate of drug-likeness (QED) is 0.379. The van der Waals surface area contributed by atoms with E-state index in [1.54, 1.807) is 12.5 Å². The van der Waals surface area contributed by atoms with Gasteiger partial charge in [-0.25, -0.2) is 0 Å². The molecule has 0 bridgehead atoms. The van der Waals surface area contributed by atoms with E-state index in [9.17, 15) is 0 Å². The molecule has 1 aliphatic rings. The van der Waals surface area contributed by atoms with Crippen LogP contribution < -0.4 is 15.5 Å². The average molecular weight is 424 g/mol. The maximum atomic E-state index is 5.94. The SMILES string of the molecule is CCCNc1cc(N/N=C/c2coc3ccccc23)cc(OCCN2CCOCC2)n1. The minimum Gasteiger partial charge on any atom is -0.476 e. The summed E-state index contributed by atoms with van der Waals surface area (Å²) in [6.07, 6.45) is 4.47. The van der Waals surface area contributed by atoms with Gasteiger partial charge in [0.05, 0.1) is 25.1 Å². The molecule has 0 radical (unpaired) electrons. The second kappa shape index (κ2) is 10.8. The van der Waals surface area contributed by atoms with Crippen molar-refractivity contribution in [2.75, 3.05) is 56.7 Å². The maximum Gasteiger partial charge on any atom is 0.217 e. The lowest BCUT2D eigenvalue weighted by Crippen LogP contribution is -2.38. The Morgan fingerprint density at radius 2 is 2.10 bits per heavy atom. The molecule has 2 N–H and O–H groups in total. The van der Waals surface area contributed by atoms with E-state index in [0.717, 1.165) is 73.9 Å². The molecule has 1 fully saturated rings. The smallest absolute Gasteiger partial charge is 0.217 e. The Bertz CT molecular complexity index is 998. The molecule has 4 rings (SSSR count). The molecule has 3 aromatic rings. The average Bonchev–Trinajstić information content (AvgIpc) is 3.22. The highest BCUT2D eigenvalue weighted by atomic mass is 16.5. The normalized spacial score (nSPS) is 14.9. The first-order chi connectivity index (χ1) is 15.3. The number of morpholine rings is 1. The van der Waals surface area contributed by atoms with Crippen molar-refractivity contribution in [3.05, 3.63) is 48.2 Å². The van der Waals surface area contributed by atoms with E-state index in [-0.39, 0.29) is 0 Å². The molecule has 0 atom stereocenters. The predicted octanol–water partition coefficient (Wildman–Crippen LogP) is 3.81. The number of hydrogen-bond donors (Lipinski definition) is 2. The molecule has 1 aliphatic heterocycles. The number of anilines is 2. The topological polar surface area (TPSA) is 84.2 Å². The molecule has 31 heavy (non-hydrogen) atoms. The van der Waals surface area contributed by atoms with Gasteiger partial charge < -0.3 is 19.2 Å². The van der Waals surface area contributed by atoms with Crippen LogP contribution in [0.25, 0.3) is 11.0 Å². The van der Waals surface area contributed by atoms with Crippen molar-refractivity contribution in [2.24, 2.45) is 5.10 Å². The Morgan fingerprint density at radius 1 is 1.23 bits per heavy atom. The fourth-order valence-corrected chi connectivity index (χ4v) is 3.37. The third-order valence-electron chi connectivity index (χ3n) is 5.03. The van der Waals surface area contributed by atoms with E-state index in [0.29, 0.717) is 12.5 Å². The Morgan fingerprint density at radius 3 is 2.97 bits per heavy atom. The molecular weight excluding hydrogens is 394 g/mol. The van der Waals surface area contributed by atoms with Crippen molar-refractivity contribution in [2.45, 2.75) is 13.3 Å². The molecule has 0 aliphatic carbocycles. The third-order valence-corrected chi connectivity index (χ3v) is 5.03. The maximum absolute atomic E-state index is 5.94. The molecule has 0 unspecified atom stereocenters. The van der Waals surface area contributed by atoms with Crippen LogP contribution in [-0.4, -0.2) is 62.1 Å². The van der Waals surface area contributed by atoms with Crippen LogP contribution in [0.3, 0.4) is 0 Å². The zero-order chi connectivity index (χ0) is 21.3. The summed E-state index contributed by atoms with van der Waals surface area (Å²) in [6.45, 7) is 7.85. The zero-order valence-corrected chi connectivity index (χ0v) is 17.8. The molecule has 0 spiro atoms. The molecule has 1 aromatic carbocycles. The van der Waals surface area contributed by atoms with Crippen LogP contribution in [0.1, 0.15) is 18.9 Å². The van der Waals surface area contributed by atoms with E-state index < -0.39 is 0 Å². The van der Waals surface area contributed by atoms with Crippen LogP contribution in [0.5, 0.6) is 5.88 Å². The van der Waals surface area contributed by atoms with Crippen LogP contribution in [-0.2, 0) is 4.74 Å². The first-order valence-electron chi connectivity index (χ1n) is 10.8. The number of benzene rings is 1. The summed E-state index contributed by atoms with van der Waals surface area (Å²) in [5.41, 5.74) is 5.65. The number of para-hydroxylation sites is 1.